The predicted octanol–water partition coefficient (Wildman–Crippen LogP) is 4.18. The van der Waals surface area contributed by atoms with E-state index in [0.717, 1.165) is 4.47 Å². The molecular formula is C12H16BrClO3S. The Bertz CT molecular complexity index is 420. The molecule has 1 N–H and O–H groups in total. The molecule has 0 bridgehead atoms. The number of aliphatic hydroxyl groups is 1. The number of hydrogen-bond donors (Lipinski definition) is 1. The molecule has 0 aliphatic carbocycles. The number of carbonyl (C=O) groups is 1. The van der Waals surface area contributed by atoms with Crippen LogP contribution in [0.5, 0.6) is 0 Å². The van der Waals surface area contributed by atoms with E-state index >= 15 is 0 Å². The first-order valence-corrected chi connectivity index (χ1v) is 7.46. The van der Waals surface area contributed by atoms with E-state index in [0.29, 0.717) is 9.21 Å². The molecule has 2 unspecified atom stereocenters. The van der Waals surface area contributed by atoms with Crippen LogP contribution in [0, 0.1) is 5.92 Å². The van der Waals surface area contributed by atoms with Gasteiger partial charge in [-0.1, -0.05) is 11.6 Å². The Kier molecular flexibility index (Phi) is 5.23. The van der Waals surface area contributed by atoms with Crippen LogP contribution in [0.1, 0.15) is 38.7 Å². The molecule has 2 atom stereocenters. The fraction of sp³-hybridized carbons (Fsp3) is 0.583. The highest BCUT2D eigenvalue weighted by Gasteiger charge is 2.29. The third-order valence-corrected chi connectivity index (χ3v) is 4.75. The summed E-state index contributed by atoms with van der Waals surface area (Å²) in [5.41, 5.74) is -0.557. The molecule has 0 radical (unpaired) electrons. The van der Waals surface area contributed by atoms with E-state index < -0.39 is 23.6 Å². The van der Waals surface area contributed by atoms with Crippen LogP contribution >= 0.6 is 38.9 Å². The number of carbonyl (C=O) groups excluding carboxylic acids is 1. The van der Waals surface area contributed by atoms with Crippen LogP contribution in [0.15, 0.2) is 10.5 Å². The van der Waals surface area contributed by atoms with Crippen molar-refractivity contribution in [2.45, 2.75) is 39.4 Å². The summed E-state index contributed by atoms with van der Waals surface area (Å²) in [7, 11) is 0. The summed E-state index contributed by atoms with van der Waals surface area (Å²) in [6.07, 6.45) is -0.909. The van der Waals surface area contributed by atoms with E-state index in [1.165, 1.54) is 11.3 Å². The Balaban J connectivity index is 2.77. The van der Waals surface area contributed by atoms with E-state index in [-0.39, 0.29) is 0 Å². The summed E-state index contributed by atoms with van der Waals surface area (Å²) in [6.45, 7) is 7.02. The fourth-order valence-electron chi connectivity index (χ4n) is 1.28. The number of esters is 1. The van der Waals surface area contributed by atoms with E-state index in [1.807, 2.05) is 0 Å². The highest BCUT2D eigenvalue weighted by molar-refractivity contribution is 9.10. The Morgan fingerprint density at radius 2 is 2.11 bits per heavy atom. The predicted molar refractivity (Wildman–Crippen MR) is 77.0 cm³/mol. The quantitative estimate of drug-likeness (QED) is 0.828. The monoisotopic (exact) mass is 354 g/mol. The minimum atomic E-state index is -0.909. The SMILES string of the molecule is CC(C(=O)OC(C)(C)C)C(O)c1cc(Br)c(Cl)s1. The van der Waals surface area contributed by atoms with Crippen molar-refractivity contribution in [3.05, 3.63) is 19.8 Å². The molecular weight excluding hydrogens is 340 g/mol. The summed E-state index contributed by atoms with van der Waals surface area (Å²) in [5.74, 6) is -1.05. The summed E-state index contributed by atoms with van der Waals surface area (Å²) in [4.78, 5) is 12.5. The Labute approximate surface area is 124 Å². The van der Waals surface area contributed by atoms with Crippen molar-refractivity contribution in [3.8, 4) is 0 Å². The molecule has 1 rings (SSSR count). The Hall–Kier alpha value is -0.100. The topological polar surface area (TPSA) is 46.5 Å². The molecule has 1 aromatic rings. The van der Waals surface area contributed by atoms with Gasteiger partial charge in [0, 0.05) is 9.35 Å². The highest BCUT2D eigenvalue weighted by Crippen LogP contribution is 2.37. The largest absolute Gasteiger partial charge is 0.460 e. The maximum absolute atomic E-state index is 11.8. The zero-order valence-corrected chi connectivity index (χ0v) is 13.8. The number of thiophene rings is 1. The normalized spacial score (nSPS) is 15.3. The van der Waals surface area contributed by atoms with Gasteiger partial charge in [0.1, 0.15) is 16.0 Å². The lowest BCUT2D eigenvalue weighted by Gasteiger charge is -2.24. The maximum Gasteiger partial charge on any atom is 0.312 e. The molecule has 0 aliphatic rings. The average Bonchev–Trinajstić information content (AvgIpc) is 2.54. The Morgan fingerprint density at radius 1 is 1.56 bits per heavy atom. The van der Waals surface area contributed by atoms with Gasteiger partial charge < -0.3 is 9.84 Å². The van der Waals surface area contributed by atoms with Crippen LogP contribution in [0.4, 0.5) is 0 Å². The molecule has 0 amide bonds. The van der Waals surface area contributed by atoms with Gasteiger partial charge in [0.2, 0.25) is 0 Å². The third-order valence-electron chi connectivity index (χ3n) is 2.21. The number of ether oxygens (including phenoxy) is 1. The highest BCUT2D eigenvalue weighted by atomic mass is 79.9. The maximum atomic E-state index is 11.8. The van der Waals surface area contributed by atoms with Crippen molar-refractivity contribution in [1.29, 1.82) is 0 Å². The summed E-state index contributed by atoms with van der Waals surface area (Å²) in [6, 6.07) is 1.72. The third kappa shape index (κ3) is 4.23. The summed E-state index contributed by atoms with van der Waals surface area (Å²) in [5, 5.41) is 10.1. The molecule has 0 aliphatic heterocycles. The number of halogens is 2. The van der Waals surface area contributed by atoms with E-state index in [9.17, 15) is 9.90 Å². The van der Waals surface area contributed by atoms with Gasteiger partial charge in [-0.3, -0.25) is 4.79 Å². The molecule has 0 fully saturated rings. The number of aliphatic hydroxyl groups excluding tert-OH is 1. The smallest absolute Gasteiger partial charge is 0.312 e. The van der Waals surface area contributed by atoms with Crippen molar-refractivity contribution in [3.63, 3.8) is 0 Å². The van der Waals surface area contributed by atoms with Crippen molar-refractivity contribution in [2.75, 3.05) is 0 Å². The van der Waals surface area contributed by atoms with Crippen LogP contribution in [0.3, 0.4) is 0 Å². The first kappa shape index (κ1) is 16.0. The second-order valence-corrected chi connectivity index (χ2v) is 7.58. The molecule has 0 spiro atoms. The van der Waals surface area contributed by atoms with Gasteiger partial charge in [-0.15, -0.1) is 11.3 Å². The van der Waals surface area contributed by atoms with Crippen LogP contribution < -0.4 is 0 Å². The van der Waals surface area contributed by atoms with Gasteiger partial charge >= 0.3 is 5.97 Å². The van der Waals surface area contributed by atoms with Crippen LogP contribution in [-0.2, 0) is 9.53 Å². The van der Waals surface area contributed by atoms with Gasteiger partial charge in [0.05, 0.1) is 5.92 Å². The lowest BCUT2D eigenvalue weighted by atomic mass is 10.0. The van der Waals surface area contributed by atoms with Gasteiger partial charge in [-0.2, -0.15) is 0 Å². The summed E-state index contributed by atoms with van der Waals surface area (Å²) < 4.78 is 6.52. The van der Waals surface area contributed by atoms with Gasteiger partial charge in [-0.05, 0) is 49.7 Å². The molecule has 18 heavy (non-hydrogen) atoms. The van der Waals surface area contributed by atoms with Gasteiger partial charge in [0.25, 0.3) is 0 Å². The number of hydrogen-bond acceptors (Lipinski definition) is 4. The lowest BCUT2D eigenvalue weighted by Crippen LogP contribution is -2.30. The standard InChI is InChI=1S/C12H16BrClO3S/c1-6(11(16)17-12(2,3)4)9(15)8-5-7(13)10(14)18-8/h5-6,9,15H,1-4H3. The molecule has 6 heteroatoms. The van der Waals surface area contributed by atoms with Gasteiger partial charge in [-0.25, -0.2) is 0 Å². The zero-order chi connectivity index (χ0) is 14.1. The molecule has 0 saturated heterocycles. The number of rotatable bonds is 3. The van der Waals surface area contributed by atoms with Crippen LogP contribution in [0.25, 0.3) is 0 Å². The molecule has 102 valence electrons. The lowest BCUT2D eigenvalue weighted by molar-refractivity contribution is -0.163. The zero-order valence-electron chi connectivity index (χ0n) is 10.7. The van der Waals surface area contributed by atoms with Crippen molar-refractivity contribution in [2.24, 2.45) is 5.92 Å². The van der Waals surface area contributed by atoms with E-state index in [1.54, 1.807) is 33.8 Å². The van der Waals surface area contributed by atoms with Crippen LogP contribution in [0.2, 0.25) is 4.34 Å². The molecule has 0 aromatic carbocycles. The van der Waals surface area contributed by atoms with Crippen molar-refractivity contribution in [1.82, 2.24) is 0 Å². The molecule has 1 heterocycles. The molecule has 1 aromatic heterocycles. The minimum Gasteiger partial charge on any atom is -0.460 e. The van der Waals surface area contributed by atoms with Crippen molar-refractivity contribution < 1.29 is 14.6 Å². The fourth-order valence-corrected chi connectivity index (χ4v) is 3.11. The first-order chi connectivity index (χ1) is 8.11. The first-order valence-electron chi connectivity index (χ1n) is 5.47. The van der Waals surface area contributed by atoms with Crippen molar-refractivity contribution >= 4 is 44.8 Å². The minimum absolute atomic E-state index is 0.421. The molecule has 0 saturated carbocycles. The Morgan fingerprint density at radius 3 is 2.50 bits per heavy atom. The van der Waals surface area contributed by atoms with E-state index in [2.05, 4.69) is 15.9 Å². The summed E-state index contributed by atoms with van der Waals surface area (Å²) >= 11 is 10.4. The van der Waals surface area contributed by atoms with Crippen LogP contribution in [-0.4, -0.2) is 16.7 Å². The van der Waals surface area contributed by atoms with E-state index in [4.69, 9.17) is 16.3 Å². The van der Waals surface area contributed by atoms with Gasteiger partial charge in [0.15, 0.2) is 0 Å². The second kappa shape index (κ2) is 5.90. The average molecular weight is 356 g/mol. The molecule has 3 nitrogen and oxygen atoms in total. The second-order valence-electron chi connectivity index (χ2n) is 5.04.